The predicted octanol–water partition coefficient (Wildman–Crippen LogP) is 2.69. The number of ketones is 1. The van der Waals surface area contributed by atoms with Crippen LogP contribution < -0.4 is 0 Å². The maximum atomic E-state index is 14.0. The molecule has 0 heterocycles. The molecule has 0 spiro atoms. The van der Waals surface area contributed by atoms with Gasteiger partial charge in [0, 0.05) is 6.08 Å². The summed E-state index contributed by atoms with van der Waals surface area (Å²) in [5.41, 5.74) is -3.90. The molecule has 0 bridgehead atoms. The van der Waals surface area contributed by atoms with Gasteiger partial charge in [0.25, 0.3) is 0 Å². The molecule has 2 rings (SSSR count). The highest BCUT2D eigenvalue weighted by molar-refractivity contribution is 6.07. The average molecular weight is 297 g/mol. The van der Waals surface area contributed by atoms with E-state index in [1.54, 1.807) is 0 Å². The Morgan fingerprint density at radius 2 is 1.50 bits per heavy atom. The maximum Gasteiger partial charge on any atom is 0.440 e. The van der Waals surface area contributed by atoms with Crippen molar-refractivity contribution >= 4 is 5.78 Å². The van der Waals surface area contributed by atoms with Crippen LogP contribution in [0.1, 0.15) is 15.9 Å². The molecule has 1 aliphatic rings. The molecular weight excluding hydrogens is 296 g/mol. The predicted molar refractivity (Wildman–Crippen MR) is 49.6 cm³/mol. The lowest BCUT2D eigenvalue weighted by atomic mass is 9.88. The summed E-state index contributed by atoms with van der Waals surface area (Å²) in [7, 11) is 0. The van der Waals surface area contributed by atoms with Crippen molar-refractivity contribution in [3.8, 4) is 0 Å². The highest BCUT2D eigenvalue weighted by Crippen LogP contribution is 2.44. The first-order valence-electron chi connectivity index (χ1n) is 4.75. The van der Waals surface area contributed by atoms with Gasteiger partial charge in [0.1, 0.15) is 5.56 Å². The summed E-state index contributed by atoms with van der Waals surface area (Å²) in [5, 5.41) is 10.5. The van der Waals surface area contributed by atoms with Crippen LogP contribution in [-0.4, -0.2) is 10.7 Å². The van der Waals surface area contributed by atoms with Gasteiger partial charge in [0.05, 0.1) is 10.5 Å². The average Bonchev–Trinajstić information content (AvgIpc) is 2.37. The SMILES string of the molecule is O=C1C=C(F)C(F)([N+](=O)[O-])c2c(F)c(F)c(F)c(F)c21. The fourth-order valence-electron chi connectivity index (χ4n) is 1.75. The molecule has 1 aromatic rings. The van der Waals surface area contributed by atoms with Crippen molar-refractivity contribution in [2.24, 2.45) is 0 Å². The number of carbonyl (C=O) groups is 1. The Morgan fingerprint density at radius 1 is 1.00 bits per heavy atom. The van der Waals surface area contributed by atoms with Crippen molar-refractivity contribution in [2.45, 2.75) is 5.79 Å². The smallest absolute Gasteiger partial charge is 0.289 e. The van der Waals surface area contributed by atoms with E-state index in [4.69, 9.17) is 0 Å². The van der Waals surface area contributed by atoms with Crippen LogP contribution in [-0.2, 0) is 5.79 Å². The van der Waals surface area contributed by atoms with E-state index in [9.17, 15) is 41.3 Å². The van der Waals surface area contributed by atoms with E-state index in [-0.39, 0.29) is 6.08 Å². The molecule has 1 aromatic carbocycles. The molecule has 0 N–H and O–H groups in total. The van der Waals surface area contributed by atoms with Gasteiger partial charge in [-0.15, -0.1) is 0 Å². The van der Waals surface area contributed by atoms with Crippen molar-refractivity contribution in [1.82, 2.24) is 0 Å². The lowest BCUT2D eigenvalue weighted by Gasteiger charge is -2.22. The molecule has 0 aliphatic heterocycles. The topological polar surface area (TPSA) is 60.2 Å². The maximum absolute atomic E-state index is 14.0. The molecule has 0 aromatic heterocycles. The lowest BCUT2D eigenvalue weighted by Crippen LogP contribution is -2.38. The minimum Gasteiger partial charge on any atom is -0.289 e. The number of benzene rings is 1. The number of nitro groups is 1. The second kappa shape index (κ2) is 4.05. The summed E-state index contributed by atoms with van der Waals surface area (Å²) in [5.74, 6) is -18.6. The molecule has 0 fully saturated rings. The number of alkyl halides is 1. The van der Waals surface area contributed by atoms with Crippen LogP contribution in [0, 0.1) is 33.4 Å². The first-order valence-corrected chi connectivity index (χ1v) is 4.75. The molecule has 20 heavy (non-hydrogen) atoms. The van der Waals surface area contributed by atoms with Crippen LogP contribution in [0.15, 0.2) is 11.9 Å². The van der Waals surface area contributed by atoms with E-state index >= 15 is 0 Å². The Bertz CT molecular complexity index is 701. The van der Waals surface area contributed by atoms with Crippen molar-refractivity contribution < 1.29 is 36.1 Å². The van der Waals surface area contributed by atoms with Gasteiger partial charge < -0.3 is 0 Å². The summed E-state index contributed by atoms with van der Waals surface area (Å²) < 4.78 is 80.1. The summed E-state index contributed by atoms with van der Waals surface area (Å²) in [4.78, 5) is 19.8. The molecule has 10 heteroatoms. The summed E-state index contributed by atoms with van der Waals surface area (Å²) in [6, 6.07) is 0. The Balaban J connectivity index is 3.02. The number of nitrogens with zero attached hydrogens (tertiary/aromatic N) is 1. The monoisotopic (exact) mass is 297 g/mol. The van der Waals surface area contributed by atoms with Gasteiger partial charge in [-0.05, 0) is 0 Å². The highest BCUT2D eigenvalue weighted by Gasteiger charge is 2.59. The zero-order valence-corrected chi connectivity index (χ0v) is 9.02. The highest BCUT2D eigenvalue weighted by atomic mass is 19.2. The number of hydrogen-bond acceptors (Lipinski definition) is 3. The van der Waals surface area contributed by atoms with Crippen LogP contribution in [0.5, 0.6) is 0 Å². The van der Waals surface area contributed by atoms with Gasteiger partial charge in [-0.3, -0.25) is 14.9 Å². The second-order valence-corrected chi connectivity index (χ2v) is 3.74. The van der Waals surface area contributed by atoms with E-state index in [0.717, 1.165) is 0 Å². The first kappa shape index (κ1) is 14.0. The van der Waals surface area contributed by atoms with Crippen molar-refractivity contribution in [3.05, 3.63) is 56.4 Å². The molecule has 0 saturated carbocycles. The van der Waals surface area contributed by atoms with Crippen LogP contribution >= 0.6 is 0 Å². The first-order chi connectivity index (χ1) is 9.13. The van der Waals surface area contributed by atoms with Gasteiger partial charge in [-0.1, -0.05) is 0 Å². The fraction of sp³-hybridized carbons (Fsp3) is 0.100. The van der Waals surface area contributed by atoms with E-state index in [1.807, 2.05) is 0 Å². The third-order valence-corrected chi connectivity index (χ3v) is 2.67. The zero-order chi connectivity index (χ0) is 15.4. The van der Waals surface area contributed by atoms with Crippen molar-refractivity contribution in [3.63, 3.8) is 0 Å². The van der Waals surface area contributed by atoms with Crippen LogP contribution in [0.4, 0.5) is 26.3 Å². The Labute approximate surface area is 105 Å². The number of fused-ring (bicyclic) bond motifs is 1. The van der Waals surface area contributed by atoms with E-state index < -0.39 is 56.7 Å². The van der Waals surface area contributed by atoms with Gasteiger partial charge in [-0.25, -0.2) is 17.6 Å². The summed E-state index contributed by atoms with van der Waals surface area (Å²) >= 11 is 0. The summed E-state index contributed by atoms with van der Waals surface area (Å²) in [6.45, 7) is 0. The van der Waals surface area contributed by atoms with E-state index in [2.05, 4.69) is 0 Å². The quantitative estimate of drug-likeness (QED) is 0.200. The Morgan fingerprint density at radius 3 is 2.00 bits per heavy atom. The third-order valence-electron chi connectivity index (χ3n) is 2.67. The van der Waals surface area contributed by atoms with Gasteiger partial charge in [0.15, 0.2) is 29.1 Å². The molecule has 4 nitrogen and oxygen atoms in total. The molecule has 1 aliphatic carbocycles. The number of rotatable bonds is 1. The normalized spacial score (nSPS) is 21.5. The van der Waals surface area contributed by atoms with Crippen LogP contribution in [0.25, 0.3) is 0 Å². The molecule has 1 atom stereocenters. The van der Waals surface area contributed by atoms with Crippen LogP contribution in [0.3, 0.4) is 0 Å². The van der Waals surface area contributed by atoms with Crippen LogP contribution in [0.2, 0.25) is 0 Å². The Kier molecular flexibility index (Phi) is 2.84. The van der Waals surface area contributed by atoms with E-state index in [0.29, 0.717) is 0 Å². The van der Waals surface area contributed by atoms with Crippen molar-refractivity contribution in [2.75, 3.05) is 0 Å². The number of hydrogen-bond donors (Lipinski definition) is 0. The zero-order valence-electron chi connectivity index (χ0n) is 9.02. The number of carbonyl (C=O) groups excluding carboxylic acids is 1. The fourth-order valence-corrected chi connectivity index (χ4v) is 1.75. The molecule has 0 saturated heterocycles. The molecule has 0 radical (unpaired) electrons. The number of allylic oxidation sites excluding steroid dienone is 1. The Hall–Kier alpha value is -2.39. The third kappa shape index (κ3) is 1.47. The molecule has 0 amide bonds. The van der Waals surface area contributed by atoms with Gasteiger partial charge >= 0.3 is 5.79 Å². The van der Waals surface area contributed by atoms with Crippen molar-refractivity contribution in [1.29, 1.82) is 0 Å². The van der Waals surface area contributed by atoms with Gasteiger partial charge in [0.2, 0.25) is 5.83 Å². The minimum absolute atomic E-state index is 0.328. The molecule has 1 unspecified atom stereocenters. The molecule has 106 valence electrons. The second-order valence-electron chi connectivity index (χ2n) is 3.74. The molecular formula is C10HF6NO3. The largest absolute Gasteiger partial charge is 0.440 e. The minimum atomic E-state index is -4.51. The number of halogens is 6. The lowest BCUT2D eigenvalue weighted by molar-refractivity contribution is -0.607. The summed E-state index contributed by atoms with van der Waals surface area (Å²) in [6.07, 6.45) is -0.328. The standard InChI is InChI=1S/C10HF6NO3/c11-3-1-2(18)4-5(10(3,16)17(19)20)7(13)9(15)8(14)6(4)12/h1H. The van der Waals surface area contributed by atoms with E-state index in [1.165, 1.54) is 0 Å². The van der Waals surface area contributed by atoms with Gasteiger partial charge in [-0.2, -0.15) is 8.78 Å².